The zero-order valence-electron chi connectivity index (χ0n) is 11.2. The third-order valence-corrected chi connectivity index (χ3v) is 4.22. The highest BCUT2D eigenvalue weighted by molar-refractivity contribution is 7.92. The minimum absolute atomic E-state index is 0.102. The smallest absolute Gasteiger partial charge is 0.293 e. The topological polar surface area (TPSA) is 144 Å². The molecule has 1 aromatic heterocycles. The van der Waals surface area contributed by atoms with E-state index in [0.29, 0.717) is 17.1 Å². The van der Waals surface area contributed by atoms with E-state index in [-0.39, 0.29) is 10.6 Å². The Bertz CT molecular complexity index is 793. The van der Waals surface area contributed by atoms with Crippen LogP contribution in [0.4, 0.5) is 17.1 Å². The number of anilines is 2. The number of nitrogen functional groups attached to an aromatic ring is 1. The van der Waals surface area contributed by atoms with Crippen LogP contribution in [0.15, 0.2) is 23.1 Å². The number of aryl methyl sites for hydroxylation is 2. The number of rotatable bonds is 4. The van der Waals surface area contributed by atoms with Gasteiger partial charge in [0.25, 0.3) is 15.7 Å². The van der Waals surface area contributed by atoms with Crippen molar-refractivity contribution in [3.8, 4) is 0 Å². The van der Waals surface area contributed by atoms with Crippen molar-refractivity contribution in [1.82, 2.24) is 10.2 Å². The molecule has 21 heavy (non-hydrogen) atoms. The van der Waals surface area contributed by atoms with Crippen LogP contribution in [0, 0.1) is 24.0 Å². The molecule has 0 saturated carbocycles. The molecule has 4 N–H and O–H groups in total. The fourth-order valence-corrected chi connectivity index (χ4v) is 2.94. The minimum Gasteiger partial charge on any atom is -0.393 e. The van der Waals surface area contributed by atoms with Crippen molar-refractivity contribution < 1.29 is 13.3 Å². The molecule has 10 heteroatoms. The number of sulfonamides is 1. The lowest BCUT2D eigenvalue weighted by Gasteiger charge is -2.08. The quantitative estimate of drug-likeness (QED) is 0.441. The van der Waals surface area contributed by atoms with E-state index in [1.54, 1.807) is 13.8 Å². The molecule has 0 aliphatic rings. The number of hydrogen-bond acceptors (Lipinski definition) is 6. The van der Waals surface area contributed by atoms with Gasteiger partial charge >= 0.3 is 0 Å². The first-order valence-corrected chi connectivity index (χ1v) is 7.29. The average molecular weight is 311 g/mol. The van der Waals surface area contributed by atoms with Gasteiger partial charge in [-0.1, -0.05) is 0 Å². The second-order valence-corrected chi connectivity index (χ2v) is 6.07. The first-order valence-electron chi connectivity index (χ1n) is 5.80. The molecule has 0 atom stereocenters. The van der Waals surface area contributed by atoms with Crippen LogP contribution >= 0.6 is 0 Å². The second kappa shape index (κ2) is 5.05. The molecule has 9 nitrogen and oxygen atoms in total. The SMILES string of the molecule is Cc1n[nH]c(C)c1NS(=O)(=O)c1ccc(N)c([N+](=O)[O-])c1. The molecular weight excluding hydrogens is 298 g/mol. The van der Waals surface area contributed by atoms with E-state index in [2.05, 4.69) is 14.9 Å². The Labute approximate surface area is 120 Å². The van der Waals surface area contributed by atoms with Crippen LogP contribution in [0.5, 0.6) is 0 Å². The summed E-state index contributed by atoms with van der Waals surface area (Å²) in [5, 5.41) is 17.3. The van der Waals surface area contributed by atoms with Crippen molar-refractivity contribution in [2.75, 3.05) is 10.5 Å². The van der Waals surface area contributed by atoms with Crippen LogP contribution in [0.25, 0.3) is 0 Å². The van der Waals surface area contributed by atoms with Gasteiger partial charge in [-0.2, -0.15) is 5.10 Å². The van der Waals surface area contributed by atoms with Gasteiger partial charge < -0.3 is 5.73 Å². The standard InChI is InChI=1S/C11H13N5O4S/c1-6-11(7(2)14-13-6)15-21(19,20)8-3-4-9(12)10(5-8)16(17)18/h3-5,15H,12H2,1-2H3,(H,13,14). The van der Waals surface area contributed by atoms with E-state index in [0.717, 1.165) is 6.07 Å². The van der Waals surface area contributed by atoms with Gasteiger partial charge in [0, 0.05) is 6.07 Å². The molecule has 0 spiro atoms. The van der Waals surface area contributed by atoms with Gasteiger partial charge in [0.2, 0.25) is 0 Å². The Morgan fingerprint density at radius 1 is 1.38 bits per heavy atom. The third-order valence-electron chi connectivity index (χ3n) is 2.87. The Kier molecular flexibility index (Phi) is 3.56. The van der Waals surface area contributed by atoms with Gasteiger partial charge in [0.15, 0.2) is 0 Å². The number of benzene rings is 1. The summed E-state index contributed by atoms with van der Waals surface area (Å²) in [6.45, 7) is 3.29. The lowest BCUT2D eigenvalue weighted by molar-refractivity contribution is -0.384. The molecule has 112 valence electrons. The maximum absolute atomic E-state index is 12.3. The molecule has 0 aliphatic carbocycles. The Morgan fingerprint density at radius 3 is 2.57 bits per heavy atom. The number of nitro groups is 1. The van der Waals surface area contributed by atoms with E-state index in [4.69, 9.17) is 5.73 Å². The van der Waals surface area contributed by atoms with Crippen molar-refractivity contribution in [2.24, 2.45) is 0 Å². The summed E-state index contributed by atoms with van der Waals surface area (Å²) in [7, 11) is -3.97. The number of nitrogens with two attached hydrogens (primary N) is 1. The zero-order valence-corrected chi connectivity index (χ0v) is 12.1. The van der Waals surface area contributed by atoms with Gasteiger partial charge in [-0.05, 0) is 26.0 Å². The van der Waals surface area contributed by atoms with Gasteiger partial charge in [-0.3, -0.25) is 19.9 Å². The molecule has 0 aliphatic heterocycles. The molecule has 2 aromatic rings. The largest absolute Gasteiger partial charge is 0.393 e. The minimum atomic E-state index is -3.97. The number of nitro benzene ring substituents is 1. The van der Waals surface area contributed by atoms with Crippen molar-refractivity contribution >= 4 is 27.1 Å². The van der Waals surface area contributed by atoms with Gasteiger partial charge in [-0.25, -0.2) is 8.42 Å². The van der Waals surface area contributed by atoms with Crippen LogP contribution in [0.1, 0.15) is 11.4 Å². The lowest BCUT2D eigenvalue weighted by Crippen LogP contribution is -2.14. The van der Waals surface area contributed by atoms with Crippen molar-refractivity contribution in [3.05, 3.63) is 39.7 Å². The summed E-state index contributed by atoms with van der Waals surface area (Å²) in [5.74, 6) is 0. The maximum Gasteiger partial charge on any atom is 0.293 e. The first-order chi connectivity index (χ1) is 9.72. The molecule has 0 fully saturated rings. The number of nitrogens with one attached hydrogen (secondary N) is 2. The number of nitrogens with zero attached hydrogens (tertiary/aromatic N) is 2. The summed E-state index contributed by atoms with van der Waals surface area (Å²) < 4.78 is 26.9. The molecule has 0 saturated heterocycles. The van der Waals surface area contributed by atoms with E-state index < -0.39 is 20.6 Å². The summed E-state index contributed by atoms with van der Waals surface area (Å²) in [4.78, 5) is 9.84. The number of H-pyrrole nitrogens is 1. The molecule has 0 unspecified atom stereocenters. The molecule has 0 amide bonds. The van der Waals surface area contributed by atoms with Crippen LogP contribution < -0.4 is 10.5 Å². The Morgan fingerprint density at radius 2 is 2.05 bits per heavy atom. The van der Waals surface area contributed by atoms with Gasteiger partial charge in [0.1, 0.15) is 5.69 Å². The van der Waals surface area contributed by atoms with Crippen LogP contribution in [0.2, 0.25) is 0 Å². The maximum atomic E-state index is 12.3. The van der Waals surface area contributed by atoms with E-state index in [1.807, 2.05) is 0 Å². The summed E-state index contributed by atoms with van der Waals surface area (Å²) >= 11 is 0. The van der Waals surface area contributed by atoms with Crippen LogP contribution in [-0.4, -0.2) is 23.5 Å². The highest BCUT2D eigenvalue weighted by Gasteiger charge is 2.22. The third kappa shape index (κ3) is 2.79. The van der Waals surface area contributed by atoms with Gasteiger partial charge in [-0.15, -0.1) is 0 Å². The molecule has 1 aromatic carbocycles. The number of hydrogen-bond donors (Lipinski definition) is 3. The van der Waals surface area contributed by atoms with E-state index in [9.17, 15) is 18.5 Å². The molecule has 0 bridgehead atoms. The highest BCUT2D eigenvalue weighted by atomic mass is 32.2. The normalized spacial score (nSPS) is 11.3. The van der Waals surface area contributed by atoms with E-state index >= 15 is 0 Å². The fraction of sp³-hybridized carbons (Fsp3) is 0.182. The molecule has 0 radical (unpaired) electrons. The fourth-order valence-electron chi connectivity index (χ4n) is 1.74. The summed E-state index contributed by atoms with van der Waals surface area (Å²) in [6.07, 6.45) is 0. The lowest BCUT2D eigenvalue weighted by atomic mass is 10.3. The summed E-state index contributed by atoms with van der Waals surface area (Å²) in [6, 6.07) is 3.31. The predicted molar refractivity (Wildman–Crippen MR) is 76.4 cm³/mol. The van der Waals surface area contributed by atoms with Crippen molar-refractivity contribution in [2.45, 2.75) is 18.7 Å². The predicted octanol–water partition coefficient (Wildman–Crippen LogP) is 1.32. The monoisotopic (exact) mass is 311 g/mol. The molecular formula is C11H13N5O4S. The zero-order chi connectivity index (χ0) is 15.8. The number of aromatic amines is 1. The molecule has 1 heterocycles. The van der Waals surface area contributed by atoms with Crippen LogP contribution in [0.3, 0.4) is 0 Å². The second-order valence-electron chi connectivity index (χ2n) is 4.39. The van der Waals surface area contributed by atoms with Gasteiger partial charge in [0.05, 0.1) is 26.9 Å². The average Bonchev–Trinajstić information content (AvgIpc) is 2.70. The molecule has 2 rings (SSSR count). The van der Waals surface area contributed by atoms with Crippen molar-refractivity contribution in [1.29, 1.82) is 0 Å². The van der Waals surface area contributed by atoms with E-state index in [1.165, 1.54) is 12.1 Å². The Balaban J connectivity index is 2.45. The Hall–Kier alpha value is -2.62. The van der Waals surface area contributed by atoms with Crippen LogP contribution in [-0.2, 0) is 10.0 Å². The number of aromatic nitrogens is 2. The summed E-state index contributed by atoms with van der Waals surface area (Å²) in [5.41, 5.74) is 6.21. The first kappa shape index (κ1) is 14.8. The highest BCUT2D eigenvalue weighted by Crippen LogP contribution is 2.27. The van der Waals surface area contributed by atoms with Crippen molar-refractivity contribution in [3.63, 3.8) is 0 Å².